The van der Waals surface area contributed by atoms with Crippen LogP contribution in [0.4, 0.5) is 0 Å². The Morgan fingerprint density at radius 3 is 2.83 bits per heavy atom. The summed E-state index contributed by atoms with van der Waals surface area (Å²) in [5, 5.41) is 12.6. The molecule has 1 aromatic carbocycles. The molecular formula is C15H19N3. The van der Waals surface area contributed by atoms with Crippen LogP contribution in [0.2, 0.25) is 0 Å². The van der Waals surface area contributed by atoms with Crippen molar-refractivity contribution in [1.29, 1.82) is 5.26 Å². The van der Waals surface area contributed by atoms with Crippen LogP contribution >= 0.6 is 0 Å². The molecule has 0 aromatic heterocycles. The van der Waals surface area contributed by atoms with Gasteiger partial charge < -0.3 is 10.2 Å². The van der Waals surface area contributed by atoms with Crippen molar-refractivity contribution < 1.29 is 0 Å². The first kappa shape index (κ1) is 11.7. The number of nitriles is 1. The number of piperidine rings is 3. The van der Waals surface area contributed by atoms with Gasteiger partial charge in [0.15, 0.2) is 0 Å². The summed E-state index contributed by atoms with van der Waals surface area (Å²) in [4.78, 5) is 2.56. The first-order chi connectivity index (χ1) is 8.85. The minimum absolute atomic E-state index is 0.637. The normalized spacial score (nSPS) is 30.1. The van der Waals surface area contributed by atoms with Crippen LogP contribution in [0, 0.1) is 17.2 Å². The number of benzene rings is 1. The van der Waals surface area contributed by atoms with Crippen molar-refractivity contribution in [2.45, 2.75) is 25.4 Å². The smallest absolute Gasteiger partial charge is 0.0991 e. The lowest BCUT2D eigenvalue weighted by Crippen LogP contribution is -2.55. The SMILES string of the molecule is N#Cc1cccc(CNC2CN3CCC2CC3)c1. The van der Waals surface area contributed by atoms with Crippen molar-refractivity contribution in [3.05, 3.63) is 35.4 Å². The van der Waals surface area contributed by atoms with Crippen molar-refractivity contribution in [2.75, 3.05) is 19.6 Å². The average Bonchev–Trinajstić information content (AvgIpc) is 2.46. The zero-order chi connectivity index (χ0) is 12.4. The first-order valence-electron chi connectivity index (χ1n) is 6.80. The van der Waals surface area contributed by atoms with Crippen LogP contribution in [-0.4, -0.2) is 30.6 Å². The van der Waals surface area contributed by atoms with E-state index < -0.39 is 0 Å². The molecule has 3 saturated heterocycles. The molecule has 18 heavy (non-hydrogen) atoms. The van der Waals surface area contributed by atoms with E-state index in [9.17, 15) is 0 Å². The molecule has 1 unspecified atom stereocenters. The fourth-order valence-corrected chi connectivity index (χ4v) is 3.20. The Morgan fingerprint density at radius 2 is 2.17 bits per heavy atom. The molecule has 1 aromatic rings. The quantitative estimate of drug-likeness (QED) is 0.876. The average molecular weight is 241 g/mol. The van der Waals surface area contributed by atoms with E-state index in [4.69, 9.17) is 5.26 Å². The van der Waals surface area contributed by atoms with E-state index in [0.29, 0.717) is 6.04 Å². The predicted molar refractivity (Wildman–Crippen MR) is 70.9 cm³/mol. The molecule has 0 amide bonds. The molecule has 0 aliphatic carbocycles. The van der Waals surface area contributed by atoms with Gasteiger partial charge in [0.2, 0.25) is 0 Å². The Morgan fingerprint density at radius 1 is 1.33 bits per heavy atom. The predicted octanol–water partition coefficient (Wildman–Crippen LogP) is 1.74. The van der Waals surface area contributed by atoms with Gasteiger partial charge in [0.1, 0.15) is 0 Å². The number of hydrogen-bond acceptors (Lipinski definition) is 3. The van der Waals surface area contributed by atoms with Crippen molar-refractivity contribution in [3.8, 4) is 6.07 Å². The molecule has 0 radical (unpaired) electrons. The Labute approximate surface area is 108 Å². The number of rotatable bonds is 3. The second-order valence-corrected chi connectivity index (χ2v) is 5.44. The van der Waals surface area contributed by atoms with Gasteiger partial charge in [-0.25, -0.2) is 0 Å². The summed E-state index contributed by atoms with van der Waals surface area (Å²) in [5.74, 6) is 0.856. The highest BCUT2D eigenvalue weighted by molar-refractivity contribution is 5.32. The van der Waals surface area contributed by atoms with E-state index >= 15 is 0 Å². The van der Waals surface area contributed by atoms with Gasteiger partial charge in [-0.15, -0.1) is 0 Å². The zero-order valence-corrected chi connectivity index (χ0v) is 10.6. The Hall–Kier alpha value is -1.37. The van der Waals surface area contributed by atoms with Gasteiger partial charge >= 0.3 is 0 Å². The second-order valence-electron chi connectivity index (χ2n) is 5.44. The Balaban J connectivity index is 1.59. The Kier molecular flexibility index (Phi) is 3.31. The summed E-state index contributed by atoms with van der Waals surface area (Å²) in [5.41, 5.74) is 1.97. The third-order valence-electron chi connectivity index (χ3n) is 4.28. The van der Waals surface area contributed by atoms with Crippen LogP contribution in [0.15, 0.2) is 24.3 Å². The van der Waals surface area contributed by atoms with E-state index in [1.54, 1.807) is 0 Å². The lowest BCUT2D eigenvalue weighted by Gasteiger charge is -2.45. The molecule has 3 fully saturated rings. The Bertz CT molecular complexity index is 455. The third kappa shape index (κ3) is 2.40. The number of nitrogens with one attached hydrogen (secondary N) is 1. The maximum atomic E-state index is 8.89. The second kappa shape index (κ2) is 5.09. The van der Waals surface area contributed by atoms with Crippen LogP contribution in [0.25, 0.3) is 0 Å². The van der Waals surface area contributed by atoms with Crippen LogP contribution in [0.3, 0.4) is 0 Å². The highest BCUT2D eigenvalue weighted by atomic mass is 15.2. The molecule has 3 heteroatoms. The molecule has 3 heterocycles. The van der Waals surface area contributed by atoms with E-state index in [2.05, 4.69) is 22.4 Å². The minimum Gasteiger partial charge on any atom is -0.308 e. The van der Waals surface area contributed by atoms with Gasteiger partial charge in [-0.3, -0.25) is 0 Å². The van der Waals surface area contributed by atoms with Crippen LogP contribution in [0.5, 0.6) is 0 Å². The maximum absolute atomic E-state index is 8.89. The van der Waals surface area contributed by atoms with Crippen molar-refractivity contribution >= 4 is 0 Å². The van der Waals surface area contributed by atoms with Gasteiger partial charge in [0, 0.05) is 19.1 Å². The standard InChI is InChI=1S/C15H19N3/c16-9-12-2-1-3-13(8-12)10-17-15-11-18-6-4-14(15)5-7-18/h1-3,8,14-15,17H,4-7,10-11H2. The highest BCUT2D eigenvalue weighted by Gasteiger charge is 2.33. The van der Waals surface area contributed by atoms with Crippen LogP contribution in [0.1, 0.15) is 24.0 Å². The van der Waals surface area contributed by atoms with Crippen molar-refractivity contribution in [3.63, 3.8) is 0 Å². The number of fused-ring (bicyclic) bond motifs is 3. The lowest BCUT2D eigenvalue weighted by molar-refractivity contribution is 0.0720. The zero-order valence-electron chi connectivity index (χ0n) is 10.6. The molecule has 94 valence electrons. The molecule has 0 spiro atoms. The minimum atomic E-state index is 0.637. The van der Waals surface area contributed by atoms with E-state index in [1.807, 2.05) is 18.2 Å². The van der Waals surface area contributed by atoms with Crippen molar-refractivity contribution in [2.24, 2.45) is 5.92 Å². The number of hydrogen-bond donors (Lipinski definition) is 1. The summed E-state index contributed by atoms with van der Waals surface area (Å²) in [7, 11) is 0. The molecule has 1 atom stereocenters. The molecule has 3 aliphatic rings. The van der Waals surface area contributed by atoms with Gasteiger partial charge in [0.25, 0.3) is 0 Å². The fraction of sp³-hybridized carbons (Fsp3) is 0.533. The fourth-order valence-electron chi connectivity index (χ4n) is 3.20. The molecule has 4 rings (SSSR count). The molecule has 3 aliphatic heterocycles. The molecule has 3 nitrogen and oxygen atoms in total. The molecule has 0 saturated carbocycles. The summed E-state index contributed by atoms with van der Waals surface area (Å²) in [6, 6.07) is 10.7. The number of nitrogens with zero attached hydrogens (tertiary/aromatic N) is 2. The lowest BCUT2D eigenvalue weighted by atomic mass is 9.84. The van der Waals surface area contributed by atoms with E-state index in [0.717, 1.165) is 18.0 Å². The molecule has 1 N–H and O–H groups in total. The van der Waals surface area contributed by atoms with E-state index in [1.165, 1.54) is 38.0 Å². The monoisotopic (exact) mass is 241 g/mol. The van der Waals surface area contributed by atoms with Crippen LogP contribution < -0.4 is 5.32 Å². The third-order valence-corrected chi connectivity index (χ3v) is 4.28. The van der Waals surface area contributed by atoms with Crippen molar-refractivity contribution in [1.82, 2.24) is 10.2 Å². The highest BCUT2D eigenvalue weighted by Crippen LogP contribution is 2.27. The summed E-state index contributed by atoms with van der Waals surface area (Å²) < 4.78 is 0. The topological polar surface area (TPSA) is 39.1 Å². The van der Waals surface area contributed by atoms with Gasteiger partial charge in [0.05, 0.1) is 11.6 Å². The summed E-state index contributed by atoms with van der Waals surface area (Å²) >= 11 is 0. The largest absolute Gasteiger partial charge is 0.308 e. The first-order valence-corrected chi connectivity index (χ1v) is 6.80. The van der Waals surface area contributed by atoms with Gasteiger partial charge in [-0.1, -0.05) is 12.1 Å². The van der Waals surface area contributed by atoms with Crippen LogP contribution in [-0.2, 0) is 6.54 Å². The summed E-state index contributed by atoms with van der Waals surface area (Å²) in [6.07, 6.45) is 2.69. The maximum Gasteiger partial charge on any atom is 0.0991 e. The molecule has 2 bridgehead atoms. The van der Waals surface area contributed by atoms with Gasteiger partial charge in [-0.05, 0) is 49.5 Å². The van der Waals surface area contributed by atoms with E-state index in [-0.39, 0.29) is 0 Å². The summed E-state index contributed by atoms with van der Waals surface area (Å²) in [6.45, 7) is 4.65. The van der Waals surface area contributed by atoms with Gasteiger partial charge in [-0.2, -0.15) is 5.26 Å². The molecular weight excluding hydrogens is 222 g/mol.